The van der Waals surface area contributed by atoms with Crippen LogP contribution in [-0.2, 0) is 4.79 Å². The minimum atomic E-state index is -0.599. The van der Waals surface area contributed by atoms with Crippen LogP contribution in [-0.4, -0.2) is 39.9 Å². The van der Waals surface area contributed by atoms with E-state index in [4.69, 9.17) is 4.74 Å². The van der Waals surface area contributed by atoms with Crippen molar-refractivity contribution in [2.75, 3.05) is 13.2 Å². The zero-order valence-corrected chi connectivity index (χ0v) is 13.0. The van der Waals surface area contributed by atoms with Gasteiger partial charge in [0.2, 0.25) is 5.75 Å². The Hall–Kier alpha value is -2.18. The summed E-state index contributed by atoms with van der Waals surface area (Å²) in [6, 6.07) is 3.35. The molecule has 0 N–H and O–H groups in total. The van der Waals surface area contributed by atoms with Gasteiger partial charge in [0.25, 0.3) is 5.91 Å². The van der Waals surface area contributed by atoms with Gasteiger partial charge in [-0.15, -0.1) is 0 Å². The van der Waals surface area contributed by atoms with E-state index < -0.39 is 4.92 Å². The van der Waals surface area contributed by atoms with Crippen LogP contribution in [0.2, 0.25) is 0 Å². The number of hydrogen-bond donors (Lipinski definition) is 0. The minimum absolute atomic E-state index is 0.0445. The highest BCUT2D eigenvalue weighted by Gasteiger charge is 2.35. The van der Waals surface area contributed by atoms with E-state index in [1.807, 2.05) is 4.90 Å². The van der Waals surface area contributed by atoms with Crippen LogP contribution < -0.4 is 4.74 Å². The third kappa shape index (κ3) is 3.43. The molecule has 1 saturated carbocycles. The van der Waals surface area contributed by atoms with Crippen molar-refractivity contribution in [2.45, 2.75) is 44.6 Å². The van der Waals surface area contributed by atoms with Gasteiger partial charge < -0.3 is 19.8 Å². The van der Waals surface area contributed by atoms with Crippen molar-refractivity contribution < 1.29 is 14.5 Å². The van der Waals surface area contributed by atoms with Gasteiger partial charge in [0.1, 0.15) is 6.20 Å². The van der Waals surface area contributed by atoms with Gasteiger partial charge in [-0.3, -0.25) is 4.79 Å². The Morgan fingerprint density at radius 3 is 2.96 bits per heavy atom. The van der Waals surface area contributed by atoms with E-state index in [1.54, 1.807) is 6.07 Å². The lowest BCUT2D eigenvalue weighted by Gasteiger charge is -2.44. The molecular formula is C16H21N3O4. The molecule has 7 heteroatoms. The number of nitrogens with zero attached hydrogens (tertiary/aromatic N) is 3. The second-order valence-electron chi connectivity index (χ2n) is 6.21. The molecule has 0 unspecified atom stereocenters. The molecule has 0 aromatic carbocycles. The van der Waals surface area contributed by atoms with Gasteiger partial charge in [0, 0.05) is 12.6 Å². The Morgan fingerprint density at radius 2 is 2.13 bits per heavy atom. The average Bonchev–Trinajstić information content (AvgIpc) is 2.59. The molecule has 2 atom stereocenters. The molecule has 1 aliphatic heterocycles. The van der Waals surface area contributed by atoms with E-state index in [1.165, 1.54) is 37.9 Å². The van der Waals surface area contributed by atoms with Gasteiger partial charge in [-0.05, 0) is 53.6 Å². The summed E-state index contributed by atoms with van der Waals surface area (Å²) in [6.07, 6.45) is 8.24. The highest BCUT2D eigenvalue weighted by atomic mass is 16.6. The number of hydrogen-bond acceptors (Lipinski definition) is 5. The monoisotopic (exact) mass is 319 g/mol. The summed E-state index contributed by atoms with van der Waals surface area (Å²) < 4.78 is 5.40. The Labute approximate surface area is 134 Å². The highest BCUT2D eigenvalue weighted by molar-refractivity contribution is 5.78. The van der Waals surface area contributed by atoms with Crippen molar-refractivity contribution in [1.29, 1.82) is 0 Å². The molecule has 1 aromatic heterocycles. The maximum Gasteiger partial charge on any atom is 0.406 e. The van der Waals surface area contributed by atoms with Crippen LogP contribution in [0.3, 0.4) is 0 Å². The number of aromatic nitrogens is 1. The molecule has 23 heavy (non-hydrogen) atoms. The Bertz CT molecular complexity index is 590. The summed E-state index contributed by atoms with van der Waals surface area (Å²) in [4.78, 5) is 28.5. The molecule has 2 heterocycles. The number of fused-ring (bicyclic) bond motifs is 1. The molecule has 0 bridgehead atoms. The smallest absolute Gasteiger partial charge is 0.406 e. The molecule has 3 rings (SSSR count). The van der Waals surface area contributed by atoms with Crippen molar-refractivity contribution in [3.8, 4) is 5.75 Å². The summed E-state index contributed by atoms with van der Waals surface area (Å²) in [5.41, 5.74) is 0. The molecule has 1 amide bonds. The van der Waals surface area contributed by atoms with E-state index in [9.17, 15) is 14.9 Å². The SMILES string of the molecule is O=C(COc1cccnc1[N+](=O)[O-])N1CCC[C@@H]2CCCC[C@@H]21. The van der Waals surface area contributed by atoms with Crippen molar-refractivity contribution in [1.82, 2.24) is 9.88 Å². The maximum atomic E-state index is 12.5. The Morgan fingerprint density at radius 1 is 1.35 bits per heavy atom. The van der Waals surface area contributed by atoms with Gasteiger partial charge in [-0.2, -0.15) is 0 Å². The minimum Gasteiger partial charge on any atom is -0.476 e. The Balaban J connectivity index is 1.64. The number of rotatable bonds is 4. The van der Waals surface area contributed by atoms with E-state index in [2.05, 4.69) is 4.98 Å². The first kappa shape index (κ1) is 15.7. The van der Waals surface area contributed by atoms with Gasteiger partial charge in [0.15, 0.2) is 6.61 Å². The lowest BCUT2D eigenvalue weighted by molar-refractivity contribution is -0.390. The topological polar surface area (TPSA) is 85.6 Å². The fraction of sp³-hybridized carbons (Fsp3) is 0.625. The first-order chi connectivity index (χ1) is 11.2. The normalized spacial score (nSPS) is 23.9. The predicted octanol–water partition coefficient (Wildman–Crippen LogP) is 2.55. The lowest BCUT2D eigenvalue weighted by Crippen LogP contribution is -2.51. The van der Waals surface area contributed by atoms with Crippen molar-refractivity contribution >= 4 is 11.7 Å². The van der Waals surface area contributed by atoms with Crippen LogP contribution in [0.15, 0.2) is 18.3 Å². The van der Waals surface area contributed by atoms with Crippen LogP contribution >= 0.6 is 0 Å². The Kier molecular flexibility index (Phi) is 4.73. The van der Waals surface area contributed by atoms with Crippen LogP contribution in [0.1, 0.15) is 38.5 Å². The molecule has 1 aliphatic carbocycles. The van der Waals surface area contributed by atoms with E-state index in [0.717, 1.165) is 19.4 Å². The number of piperidine rings is 1. The van der Waals surface area contributed by atoms with Gasteiger partial charge >= 0.3 is 5.82 Å². The largest absolute Gasteiger partial charge is 0.476 e. The summed E-state index contributed by atoms with van der Waals surface area (Å²) in [5.74, 6) is 0.214. The van der Waals surface area contributed by atoms with Gasteiger partial charge in [0.05, 0.1) is 0 Å². The number of carbonyl (C=O) groups is 1. The molecule has 1 saturated heterocycles. The number of ether oxygens (including phenoxy) is 1. The number of pyridine rings is 1. The first-order valence-corrected chi connectivity index (χ1v) is 8.18. The van der Waals surface area contributed by atoms with E-state index in [-0.39, 0.29) is 24.1 Å². The van der Waals surface area contributed by atoms with Crippen molar-refractivity contribution in [2.24, 2.45) is 5.92 Å². The van der Waals surface area contributed by atoms with E-state index in [0.29, 0.717) is 12.0 Å². The summed E-state index contributed by atoms with van der Waals surface area (Å²) in [6.45, 7) is 0.592. The molecule has 7 nitrogen and oxygen atoms in total. The highest BCUT2D eigenvalue weighted by Crippen LogP contribution is 2.35. The molecule has 0 spiro atoms. The molecular weight excluding hydrogens is 298 g/mol. The van der Waals surface area contributed by atoms with Gasteiger partial charge in [-0.1, -0.05) is 12.8 Å². The zero-order chi connectivity index (χ0) is 16.2. The quantitative estimate of drug-likeness (QED) is 0.629. The molecule has 2 fully saturated rings. The fourth-order valence-electron chi connectivity index (χ4n) is 3.79. The summed E-state index contributed by atoms with van der Waals surface area (Å²) in [7, 11) is 0. The molecule has 1 aromatic rings. The van der Waals surface area contributed by atoms with Crippen LogP contribution in [0.4, 0.5) is 5.82 Å². The average molecular weight is 319 g/mol. The fourth-order valence-corrected chi connectivity index (χ4v) is 3.79. The zero-order valence-electron chi connectivity index (χ0n) is 13.0. The number of likely N-dealkylation sites (tertiary alicyclic amines) is 1. The number of amides is 1. The lowest BCUT2D eigenvalue weighted by atomic mass is 9.78. The van der Waals surface area contributed by atoms with E-state index >= 15 is 0 Å². The second kappa shape index (κ2) is 6.93. The van der Waals surface area contributed by atoms with Crippen molar-refractivity contribution in [3.63, 3.8) is 0 Å². The van der Waals surface area contributed by atoms with Crippen LogP contribution in [0.25, 0.3) is 0 Å². The molecule has 2 aliphatic rings. The van der Waals surface area contributed by atoms with Crippen molar-refractivity contribution in [3.05, 3.63) is 28.4 Å². The maximum absolute atomic E-state index is 12.5. The number of carbonyl (C=O) groups excluding carboxylic acids is 1. The first-order valence-electron chi connectivity index (χ1n) is 8.18. The molecule has 124 valence electrons. The predicted molar refractivity (Wildman–Crippen MR) is 83.1 cm³/mol. The second-order valence-corrected chi connectivity index (χ2v) is 6.21. The van der Waals surface area contributed by atoms with Crippen LogP contribution in [0.5, 0.6) is 5.75 Å². The molecule has 0 radical (unpaired) electrons. The number of nitro groups is 1. The third-order valence-electron chi connectivity index (χ3n) is 4.84. The standard InChI is InChI=1S/C16H21N3O4/c20-15(11-23-14-8-3-9-17-16(14)19(21)22)18-10-4-6-12-5-1-2-7-13(12)18/h3,8-9,12-13H,1-2,4-7,10-11H2/t12-,13-/m0/s1. The summed E-state index contributed by atoms with van der Waals surface area (Å²) >= 11 is 0. The van der Waals surface area contributed by atoms with Gasteiger partial charge in [-0.25, -0.2) is 0 Å². The third-order valence-corrected chi connectivity index (χ3v) is 4.84. The summed E-state index contributed by atoms with van der Waals surface area (Å²) in [5, 5.41) is 10.9. The van der Waals surface area contributed by atoms with Crippen LogP contribution in [0, 0.1) is 16.0 Å².